The second kappa shape index (κ2) is 6.38. The van der Waals surface area contributed by atoms with Crippen LogP contribution in [0.3, 0.4) is 0 Å². The smallest absolute Gasteiger partial charge is 0.0467 e. The molecule has 0 bridgehead atoms. The molecule has 0 heterocycles. The van der Waals surface area contributed by atoms with Gasteiger partial charge in [-0.25, -0.2) is 0 Å². The third-order valence-electron chi connectivity index (χ3n) is 1.61. The molecule has 1 heteroatoms. The largest absolute Gasteiger partial charge is 0.294 e. The minimum Gasteiger partial charge on any atom is -0.294 e. The Hall–Kier alpha value is -0.330. The second-order valence-electron chi connectivity index (χ2n) is 3.53. The number of unbranched alkanes of at least 4 members (excludes halogenated alkanes) is 1. The minimum atomic E-state index is 0.525. The lowest BCUT2D eigenvalue weighted by atomic mass is 10.1. The number of nitrogens with zero attached hydrogens (tertiary/aromatic N) is 1. The van der Waals surface area contributed by atoms with Crippen molar-refractivity contribution >= 4 is 6.21 Å². The lowest BCUT2D eigenvalue weighted by Crippen LogP contribution is -1.99. The van der Waals surface area contributed by atoms with Crippen molar-refractivity contribution in [1.82, 2.24) is 0 Å². The number of hydrogen-bond donors (Lipinski definition) is 0. The summed E-state index contributed by atoms with van der Waals surface area (Å²) < 4.78 is 0. The summed E-state index contributed by atoms with van der Waals surface area (Å²) in [7, 11) is 0. The third kappa shape index (κ3) is 7.57. The molecule has 0 spiro atoms. The molecule has 0 aliphatic carbocycles. The van der Waals surface area contributed by atoms with Gasteiger partial charge in [-0.05, 0) is 19.3 Å². The highest BCUT2D eigenvalue weighted by atomic mass is 14.7. The van der Waals surface area contributed by atoms with Gasteiger partial charge in [0.2, 0.25) is 0 Å². The van der Waals surface area contributed by atoms with Crippen molar-refractivity contribution < 1.29 is 0 Å². The molecule has 0 amide bonds. The molecule has 0 saturated carbocycles. The van der Waals surface area contributed by atoms with Crippen LogP contribution in [0.5, 0.6) is 0 Å². The van der Waals surface area contributed by atoms with Crippen LogP contribution in [0.25, 0.3) is 0 Å². The predicted octanol–water partition coefficient (Wildman–Crippen LogP) is 3.29. The summed E-state index contributed by atoms with van der Waals surface area (Å²) in [5.74, 6) is 0.596. The molecular formula is C10H21N. The van der Waals surface area contributed by atoms with Gasteiger partial charge in [-0.1, -0.05) is 33.6 Å². The molecule has 0 aromatic heterocycles. The van der Waals surface area contributed by atoms with Crippen molar-refractivity contribution in [3.05, 3.63) is 0 Å². The van der Waals surface area contributed by atoms with Crippen molar-refractivity contribution in [2.24, 2.45) is 10.9 Å². The monoisotopic (exact) mass is 155 g/mol. The Labute approximate surface area is 70.9 Å². The van der Waals surface area contributed by atoms with Crippen molar-refractivity contribution in [3.8, 4) is 0 Å². The fraction of sp³-hybridized carbons (Fsp3) is 0.900. The highest BCUT2D eigenvalue weighted by molar-refractivity contribution is 5.59. The van der Waals surface area contributed by atoms with Gasteiger partial charge in [0.1, 0.15) is 0 Å². The summed E-state index contributed by atoms with van der Waals surface area (Å²) in [5.41, 5.74) is 0. The maximum Gasteiger partial charge on any atom is 0.0467 e. The quantitative estimate of drug-likeness (QED) is 0.540. The van der Waals surface area contributed by atoms with Gasteiger partial charge in [0.25, 0.3) is 0 Å². The summed E-state index contributed by atoms with van der Waals surface area (Å²) in [6.07, 6.45) is 5.87. The van der Waals surface area contributed by atoms with Crippen molar-refractivity contribution in [1.29, 1.82) is 0 Å². The first-order chi connectivity index (χ1) is 5.16. The molecule has 11 heavy (non-hydrogen) atoms. The van der Waals surface area contributed by atoms with E-state index in [0.717, 1.165) is 0 Å². The fourth-order valence-electron chi connectivity index (χ4n) is 0.893. The molecule has 0 radical (unpaired) electrons. The first kappa shape index (κ1) is 10.7. The van der Waals surface area contributed by atoms with Crippen LogP contribution in [0.15, 0.2) is 4.99 Å². The van der Waals surface area contributed by atoms with Gasteiger partial charge in [0.15, 0.2) is 0 Å². The molecule has 1 nitrogen and oxygen atoms in total. The van der Waals surface area contributed by atoms with Gasteiger partial charge < -0.3 is 0 Å². The Balaban J connectivity index is 3.42. The van der Waals surface area contributed by atoms with Crippen LogP contribution in [0.2, 0.25) is 0 Å². The average Bonchev–Trinajstić information content (AvgIpc) is 1.97. The Bertz CT molecular complexity index is 105. The SMILES string of the molecule is CCCC[C@@H](C)N=CC(C)C. The molecule has 0 saturated heterocycles. The maximum atomic E-state index is 4.44. The zero-order chi connectivity index (χ0) is 8.69. The van der Waals surface area contributed by atoms with Crippen molar-refractivity contribution in [3.63, 3.8) is 0 Å². The Morgan fingerprint density at radius 3 is 2.36 bits per heavy atom. The second-order valence-corrected chi connectivity index (χ2v) is 3.53. The van der Waals surface area contributed by atoms with E-state index < -0.39 is 0 Å². The van der Waals surface area contributed by atoms with Gasteiger partial charge in [-0.2, -0.15) is 0 Å². The fourth-order valence-corrected chi connectivity index (χ4v) is 0.893. The summed E-state index contributed by atoms with van der Waals surface area (Å²) in [5, 5.41) is 0. The standard InChI is InChI=1S/C10H21N/c1-5-6-7-10(4)11-8-9(2)3/h8-10H,5-7H2,1-4H3/t10-/m1/s1. The molecule has 66 valence electrons. The van der Waals surface area contributed by atoms with Crippen LogP contribution < -0.4 is 0 Å². The van der Waals surface area contributed by atoms with Gasteiger partial charge in [0, 0.05) is 12.3 Å². The van der Waals surface area contributed by atoms with Crippen LogP contribution >= 0.6 is 0 Å². The summed E-state index contributed by atoms with van der Waals surface area (Å²) in [6, 6.07) is 0.525. The number of hydrogen-bond acceptors (Lipinski definition) is 1. The van der Waals surface area contributed by atoms with Crippen LogP contribution in [-0.4, -0.2) is 12.3 Å². The molecule has 0 aromatic rings. The highest BCUT2D eigenvalue weighted by Crippen LogP contribution is 2.03. The van der Waals surface area contributed by atoms with Crippen molar-refractivity contribution in [2.75, 3.05) is 0 Å². The number of rotatable bonds is 5. The summed E-state index contributed by atoms with van der Waals surface area (Å²) in [6.45, 7) is 8.74. The van der Waals surface area contributed by atoms with E-state index in [4.69, 9.17) is 0 Å². The average molecular weight is 155 g/mol. The zero-order valence-electron chi connectivity index (χ0n) is 8.30. The topological polar surface area (TPSA) is 12.4 Å². The van der Waals surface area contributed by atoms with E-state index in [1.54, 1.807) is 0 Å². The van der Waals surface area contributed by atoms with Crippen molar-refractivity contribution in [2.45, 2.75) is 53.0 Å². The molecule has 0 unspecified atom stereocenters. The maximum absolute atomic E-state index is 4.44. The lowest BCUT2D eigenvalue weighted by molar-refractivity contribution is 0.616. The van der Waals surface area contributed by atoms with Gasteiger partial charge in [-0.15, -0.1) is 0 Å². The van der Waals surface area contributed by atoms with Gasteiger partial charge >= 0.3 is 0 Å². The lowest BCUT2D eigenvalue weighted by Gasteiger charge is -2.04. The first-order valence-electron chi connectivity index (χ1n) is 4.70. The molecular weight excluding hydrogens is 134 g/mol. The Kier molecular flexibility index (Phi) is 6.19. The van der Waals surface area contributed by atoms with E-state index in [2.05, 4.69) is 38.9 Å². The molecule has 0 aromatic carbocycles. The van der Waals surface area contributed by atoms with Crippen LogP contribution in [0.1, 0.15) is 47.0 Å². The molecule has 1 atom stereocenters. The Morgan fingerprint density at radius 2 is 1.91 bits per heavy atom. The van der Waals surface area contributed by atoms with E-state index in [1.807, 2.05) is 0 Å². The van der Waals surface area contributed by atoms with Gasteiger partial charge in [0.05, 0.1) is 0 Å². The number of aliphatic imine (C=N–C) groups is 1. The van der Waals surface area contributed by atoms with E-state index in [-0.39, 0.29) is 0 Å². The van der Waals surface area contributed by atoms with E-state index in [1.165, 1.54) is 19.3 Å². The normalized spacial score (nSPS) is 14.6. The molecule has 0 aliphatic heterocycles. The molecule has 0 rings (SSSR count). The molecule has 0 aliphatic rings. The van der Waals surface area contributed by atoms with Crippen LogP contribution in [-0.2, 0) is 0 Å². The Morgan fingerprint density at radius 1 is 1.27 bits per heavy atom. The minimum absolute atomic E-state index is 0.525. The van der Waals surface area contributed by atoms with E-state index >= 15 is 0 Å². The first-order valence-corrected chi connectivity index (χ1v) is 4.70. The molecule has 0 N–H and O–H groups in total. The predicted molar refractivity (Wildman–Crippen MR) is 52.3 cm³/mol. The van der Waals surface area contributed by atoms with E-state index in [0.29, 0.717) is 12.0 Å². The zero-order valence-corrected chi connectivity index (χ0v) is 8.30. The summed E-state index contributed by atoms with van der Waals surface area (Å²) >= 11 is 0. The van der Waals surface area contributed by atoms with Crippen LogP contribution in [0.4, 0.5) is 0 Å². The van der Waals surface area contributed by atoms with Crippen LogP contribution in [0, 0.1) is 5.92 Å². The summed E-state index contributed by atoms with van der Waals surface area (Å²) in [4.78, 5) is 4.44. The van der Waals surface area contributed by atoms with Gasteiger partial charge in [-0.3, -0.25) is 4.99 Å². The third-order valence-corrected chi connectivity index (χ3v) is 1.61. The van der Waals surface area contributed by atoms with E-state index in [9.17, 15) is 0 Å². The molecule has 0 fully saturated rings. The highest BCUT2D eigenvalue weighted by Gasteiger charge is 1.96.